The zero-order valence-electron chi connectivity index (χ0n) is 11.6. The average molecular weight is 253 g/mol. The summed E-state index contributed by atoms with van der Waals surface area (Å²) in [5.74, 6) is 1.26. The highest BCUT2D eigenvalue weighted by atomic mass is 16.5. The molecule has 0 aromatic heterocycles. The Morgan fingerprint density at radius 3 is 2.56 bits per heavy atom. The van der Waals surface area contributed by atoms with Gasteiger partial charge in [0.25, 0.3) is 0 Å². The predicted molar refractivity (Wildman–Crippen MR) is 72.0 cm³/mol. The van der Waals surface area contributed by atoms with Crippen molar-refractivity contribution in [1.82, 2.24) is 0 Å². The Morgan fingerprint density at radius 1 is 1.39 bits per heavy atom. The van der Waals surface area contributed by atoms with E-state index in [-0.39, 0.29) is 12.6 Å². The lowest BCUT2D eigenvalue weighted by Crippen LogP contribution is -2.31. The first kappa shape index (κ1) is 14.8. The third-order valence-electron chi connectivity index (χ3n) is 3.01. The van der Waals surface area contributed by atoms with Crippen molar-refractivity contribution < 1.29 is 14.6 Å². The summed E-state index contributed by atoms with van der Waals surface area (Å²) in [5, 5.41) is 9.91. The lowest BCUT2D eigenvalue weighted by atomic mass is 10.1. The number of hydrogen-bond acceptors (Lipinski definition) is 4. The third-order valence-corrected chi connectivity index (χ3v) is 3.01. The Bertz CT molecular complexity index is 389. The maximum Gasteiger partial charge on any atom is 0.161 e. The molecule has 0 bridgehead atoms. The molecular formula is C14H23NO3. The average Bonchev–Trinajstić information content (AvgIpc) is 2.36. The summed E-state index contributed by atoms with van der Waals surface area (Å²) in [4.78, 5) is 0. The molecule has 0 radical (unpaired) electrons. The fraction of sp³-hybridized carbons (Fsp3) is 0.571. The van der Waals surface area contributed by atoms with E-state index >= 15 is 0 Å². The van der Waals surface area contributed by atoms with Crippen LogP contribution in [0.15, 0.2) is 18.2 Å². The topological polar surface area (TPSA) is 64.7 Å². The molecule has 0 amide bonds. The highest BCUT2D eigenvalue weighted by molar-refractivity contribution is 5.43. The highest BCUT2D eigenvalue weighted by Crippen LogP contribution is 2.30. The Kier molecular flexibility index (Phi) is 4.99. The van der Waals surface area contributed by atoms with Crippen LogP contribution in [0.4, 0.5) is 0 Å². The molecule has 0 saturated heterocycles. The number of rotatable bonds is 6. The van der Waals surface area contributed by atoms with Gasteiger partial charge in [-0.2, -0.15) is 0 Å². The van der Waals surface area contributed by atoms with E-state index in [1.807, 2.05) is 32.0 Å². The number of ether oxygens (including phenoxy) is 2. The summed E-state index contributed by atoms with van der Waals surface area (Å²) < 4.78 is 10.9. The summed E-state index contributed by atoms with van der Waals surface area (Å²) >= 11 is 0. The van der Waals surface area contributed by atoms with Crippen LogP contribution in [-0.2, 0) is 0 Å². The van der Waals surface area contributed by atoms with Crippen molar-refractivity contribution >= 4 is 0 Å². The molecule has 1 aromatic carbocycles. The van der Waals surface area contributed by atoms with E-state index < -0.39 is 5.60 Å². The minimum absolute atomic E-state index is 0.0494. The van der Waals surface area contributed by atoms with Crippen LogP contribution in [0.5, 0.6) is 11.5 Å². The van der Waals surface area contributed by atoms with Crippen molar-refractivity contribution in [3.63, 3.8) is 0 Å². The molecule has 1 aromatic rings. The first-order valence-corrected chi connectivity index (χ1v) is 6.18. The normalized spacial score (nSPS) is 15.9. The Labute approximate surface area is 109 Å². The second-order valence-electron chi connectivity index (χ2n) is 4.84. The maximum absolute atomic E-state index is 9.91. The number of hydrogen-bond donors (Lipinski definition) is 2. The second-order valence-corrected chi connectivity index (χ2v) is 4.84. The van der Waals surface area contributed by atoms with Crippen molar-refractivity contribution in [1.29, 1.82) is 0 Å². The van der Waals surface area contributed by atoms with Gasteiger partial charge < -0.3 is 20.3 Å². The molecule has 1 rings (SSSR count). The van der Waals surface area contributed by atoms with E-state index in [0.717, 1.165) is 5.56 Å². The summed E-state index contributed by atoms with van der Waals surface area (Å²) in [5.41, 5.74) is 5.97. The van der Waals surface area contributed by atoms with E-state index in [4.69, 9.17) is 15.2 Å². The maximum atomic E-state index is 9.91. The lowest BCUT2D eigenvalue weighted by Gasteiger charge is -2.22. The highest BCUT2D eigenvalue weighted by Gasteiger charge is 2.19. The van der Waals surface area contributed by atoms with Crippen LogP contribution in [0.25, 0.3) is 0 Å². The minimum atomic E-state index is -0.829. The predicted octanol–water partition coefficient (Wildman–Crippen LogP) is 2.25. The summed E-state index contributed by atoms with van der Waals surface area (Å²) in [6.45, 7) is 5.81. The van der Waals surface area contributed by atoms with E-state index in [0.29, 0.717) is 17.9 Å². The fourth-order valence-corrected chi connectivity index (χ4v) is 1.42. The summed E-state index contributed by atoms with van der Waals surface area (Å²) in [6, 6.07) is 5.54. The van der Waals surface area contributed by atoms with Gasteiger partial charge in [0.2, 0.25) is 0 Å². The van der Waals surface area contributed by atoms with Crippen LogP contribution in [0.3, 0.4) is 0 Å². The van der Waals surface area contributed by atoms with E-state index in [9.17, 15) is 5.11 Å². The molecule has 0 heterocycles. The molecule has 0 fully saturated rings. The molecule has 4 nitrogen and oxygen atoms in total. The lowest BCUT2D eigenvalue weighted by molar-refractivity contribution is 0.00774. The minimum Gasteiger partial charge on any atom is -0.493 e. The molecule has 2 atom stereocenters. The number of benzene rings is 1. The Hall–Kier alpha value is -1.26. The van der Waals surface area contributed by atoms with Gasteiger partial charge in [-0.1, -0.05) is 13.0 Å². The molecular weight excluding hydrogens is 230 g/mol. The molecule has 18 heavy (non-hydrogen) atoms. The van der Waals surface area contributed by atoms with Gasteiger partial charge in [0.15, 0.2) is 11.5 Å². The molecule has 1 unspecified atom stereocenters. The van der Waals surface area contributed by atoms with Gasteiger partial charge in [-0.05, 0) is 38.0 Å². The Balaban J connectivity index is 2.83. The van der Waals surface area contributed by atoms with E-state index in [2.05, 4.69) is 0 Å². The monoisotopic (exact) mass is 253 g/mol. The van der Waals surface area contributed by atoms with Gasteiger partial charge in [-0.15, -0.1) is 0 Å². The van der Waals surface area contributed by atoms with Gasteiger partial charge in [-0.3, -0.25) is 0 Å². The molecule has 102 valence electrons. The quantitative estimate of drug-likeness (QED) is 0.816. The first-order chi connectivity index (χ1) is 8.39. The van der Waals surface area contributed by atoms with Gasteiger partial charge in [-0.25, -0.2) is 0 Å². The molecule has 0 aliphatic carbocycles. The van der Waals surface area contributed by atoms with Crippen LogP contribution in [0, 0.1) is 0 Å². The standard InChI is InChI=1S/C14H23NO3/c1-5-14(3,16)9-18-12-7-6-11(10(2)15)8-13(12)17-4/h6-8,10,16H,5,9,15H2,1-4H3/t10-,14?/m1/s1. The molecule has 0 saturated carbocycles. The van der Waals surface area contributed by atoms with Gasteiger partial charge in [0, 0.05) is 6.04 Å². The van der Waals surface area contributed by atoms with Crippen LogP contribution in [0.1, 0.15) is 38.8 Å². The third kappa shape index (κ3) is 3.89. The summed E-state index contributed by atoms with van der Waals surface area (Å²) in [7, 11) is 1.59. The molecule has 0 aliphatic rings. The van der Waals surface area contributed by atoms with Gasteiger partial charge in [0.05, 0.1) is 12.7 Å². The molecule has 0 aliphatic heterocycles. The van der Waals surface area contributed by atoms with Crippen LogP contribution in [0.2, 0.25) is 0 Å². The smallest absolute Gasteiger partial charge is 0.161 e. The van der Waals surface area contributed by atoms with Crippen molar-refractivity contribution in [3.8, 4) is 11.5 Å². The van der Waals surface area contributed by atoms with Crippen LogP contribution < -0.4 is 15.2 Å². The number of aliphatic hydroxyl groups is 1. The molecule has 3 N–H and O–H groups in total. The van der Waals surface area contributed by atoms with Crippen molar-refractivity contribution in [2.24, 2.45) is 5.73 Å². The zero-order chi connectivity index (χ0) is 13.8. The zero-order valence-corrected chi connectivity index (χ0v) is 11.6. The fourth-order valence-electron chi connectivity index (χ4n) is 1.42. The SMILES string of the molecule is CCC(C)(O)COc1ccc([C@@H](C)N)cc1OC. The number of methoxy groups -OCH3 is 1. The Morgan fingerprint density at radius 2 is 2.06 bits per heavy atom. The van der Waals surface area contributed by atoms with Crippen molar-refractivity contribution in [3.05, 3.63) is 23.8 Å². The molecule has 4 heteroatoms. The van der Waals surface area contributed by atoms with Crippen molar-refractivity contribution in [2.45, 2.75) is 38.8 Å². The van der Waals surface area contributed by atoms with Crippen molar-refractivity contribution in [2.75, 3.05) is 13.7 Å². The van der Waals surface area contributed by atoms with Gasteiger partial charge in [0.1, 0.15) is 6.61 Å². The summed E-state index contributed by atoms with van der Waals surface area (Å²) in [6.07, 6.45) is 0.632. The van der Waals surface area contributed by atoms with Gasteiger partial charge >= 0.3 is 0 Å². The second kappa shape index (κ2) is 6.07. The first-order valence-electron chi connectivity index (χ1n) is 6.18. The van der Waals surface area contributed by atoms with E-state index in [1.165, 1.54) is 0 Å². The molecule has 0 spiro atoms. The number of nitrogens with two attached hydrogens (primary N) is 1. The van der Waals surface area contributed by atoms with Crippen LogP contribution in [-0.4, -0.2) is 24.4 Å². The van der Waals surface area contributed by atoms with Crippen LogP contribution >= 0.6 is 0 Å². The largest absolute Gasteiger partial charge is 0.493 e. The van der Waals surface area contributed by atoms with E-state index in [1.54, 1.807) is 14.0 Å².